The van der Waals surface area contributed by atoms with Gasteiger partial charge in [-0.3, -0.25) is 9.69 Å². The third-order valence-electron chi connectivity index (χ3n) is 4.08. The highest BCUT2D eigenvalue weighted by Gasteiger charge is 2.25. The molecule has 1 heterocycles. The average Bonchev–Trinajstić information content (AvgIpc) is 2.50. The molecule has 1 saturated heterocycles. The summed E-state index contributed by atoms with van der Waals surface area (Å²) in [5.41, 5.74) is 1.11. The molecule has 0 bridgehead atoms. The van der Waals surface area contributed by atoms with Crippen molar-refractivity contribution in [2.45, 2.75) is 32.4 Å². The number of hydrogen-bond donors (Lipinski definition) is 1. The highest BCUT2D eigenvalue weighted by atomic mass is 19.1. The van der Waals surface area contributed by atoms with E-state index in [-0.39, 0.29) is 23.7 Å². The maximum atomic E-state index is 12.9. The van der Waals surface area contributed by atoms with Gasteiger partial charge in [-0.1, -0.05) is 12.1 Å². The summed E-state index contributed by atoms with van der Waals surface area (Å²) in [6.45, 7) is 5.09. The van der Waals surface area contributed by atoms with Crippen molar-refractivity contribution in [3.05, 3.63) is 35.6 Å². The van der Waals surface area contributed by atoms with Gasteiger partial charge in [-0.25, -0.2) is 4.39 Å². The van der Waals surface area contributed by atoms with Gasteiger partial charge in [0.25, 0.3) is 0 Å². The van der Waals surface area contributed by atoms with Gasteiger partial charge in [0, 0.05) is 25.6 Å². The summed E-state index contributed by atoms with van der Waals surface area (Å²) in [6.07, 6.45) is 1.74. The molecule has 122 valence electrons. The van der Waals surface area contributed by atoms with Crippen LogP contribution < -0.4 is 5.32 Å². The predicted molar refractivity (Wildman–Crippen MR) is 83.9 cm³/mol. The van der Waals surface area contributed by atoms with Crippen LogP contribution in [0.25, 0.3) is 0 Å². The Morgan fingerprint density at radius 1 is 1.36 bits per heavy atom. The van der Waals surface area contributed by atoms with Crippen LogP contribution in [0.15, 0.2) is 24.3 Å². The van der Waals surface area contributed by atoms with Gasteiger partial charge in [0.2, 0.25) is 5.91 Å². The summed E-state index contributed by atoms with van der Waals surface area (Å²) >= 11 is 0. The Morgan fingerprint density at radius 3 is 2.59 bits per heavy atom. The summed E-state index contributed by atoms with van der Waals surface area (Å²) in [7, 11) is 1.64. The van der Waals surface area contributed by atoms with Crippen LogP contribution in [0, 0.1) is 11.7 Å². The van der Waals surface area contributed by atoms with E-state index in [0.717, 1.165) is 38.0 Å². The zero-order valence-electron chi connectivity index (χ0n) is 13.3. The van der Waals surface area contributed by atoms with Crippen molar-refractivity contribution >= 4 is 5.91 Å². The topological polar surface area (TPSA) is 41.6 Å². The maximum Gasteiger partial charge on any atom is 0.223 e. The summed E-state index contributed by atoms with van der Waals surface area (Å²) < 4.78 is 17.9. The molecule has 2 rings (SSSR count). The van der Waals surface area contributed by atoms with Gasteiger partial charge < -0.3 is 10.1 Å². The van der Waals surface area contributed by atoms with Crippen LogP contribution in [0.2, 0.25) is 0 Å². The molecule has 1 atom stereocenters. The van der Waals surface area contributed by atoms with E-state index in [1.54, 1.807) is 7.11 Å². The van der Waals surface area contributed by atoms with Gasteiger partial charge in [-0.05, 0) is 50.6 Å². The number of piperidine rings is 1. The number of rotatable bonds is 6. The molecule has 1 N–H and O–H groups in total. The lowest BCUT2D eigenvalue weighted by Crippen LogP contribution is -2.44. The van der Waals surface area contributed by atoms with Crippen molar-refractivity contribution in [1.29, 1.82) is 0 Å². The van der Waals surface area contributed by atoms with Crippen LogP contribution in [0.4, 0.5) is 4.39 Å². The second-order valence-corrected chi connectivity index (χ2v) is 6.04. The molecule has 1 aliphatic rings. The molecule has 4 nitrogen and oxygen atoms in total. The highest BCUT2D eigenvalue weighted by molar-refractivity contribution is 5.79. The Hall–Kier alpha value is -1.46. The maximum absolute atomic E-state index is 12.9. The Kier molecular flexibility index (Phi) is 6.34. The monoisotopic (exact) mass is 308 g/mol. The van der Waals surface area contributed by atoms with Gasteiger partial charge in [0.15, 0.2) is 0 Å². The minimum Gasteiger partial charge on any atom is -0.383 e. The fourth-order valence-electron chi connectivity index (χ4n) is 2.85. The predicted octanol–water partition coefficient (Wildman–Crippen LogP) is 2.19. The molecule has 1 aliphatic heterocycles. The highest BCUT2D eigenvalue weighted by Crippen LogP contribution is 2.19. The summed E-state index contributed by atoms with van der Waals surface area (Å²) in [6, 6.07) is 6.68. The molecule has 1 fully saturated rings. The van der Waals surface area contributed by atoms with Gasteiger partial charge in [-0.2, -0.15) is 0 Å². The normalized spacial score (nSPS) is 18.1. The third-order valence-corrected chi connectivity index (χ3v) is 4.08. The van der Waals surface area contributed by atoms with Gasteiger partial charge in [0.1, 0.15) is 5.82 Å². The first-order valence-electron chi connectivity index (χ1n) is 7.84. The second kappa shape index (κ2) is 8.25. The van der Waals surface area contributed by atoms with Crippen molar-refractivity contribution in [1.82, 2.24) is 10.2 Å². The molecule has 1 aromatic rings. The van der Waals surface area contributed by atoms with E-state index >= 15 is 0 Å². The van der Waals surface area contributed by atoms with E-state index in [1.807, 2.05) is 19.1 Å². The lowest BCUT2D eigenvalue weighted by molar-refractivity contribution is -0.127. The lowest BCUT2D eigenvalue weighted by atomic mass is 9.95. The number of carbonyl (C=O) groups is 1. The number of carbonyl (C=O) groups excluding carboxylic acids is 1. The zero-order chi connectivity index (χ0) is 15.9. The van der Waals surface area contributed by atoms with Crippen molar-refractivity contribution < 1.29 is 13.9 Å². The Morgan fingerprint density at radius 2 is 2.00 bits per heavy atom. The fraction of sp³-hybridized carbons (Fsp3) is 0.588. The van der Waals surface area contributed by atoms with Crippen LogP contribution in [0.5, 0.6) is 0 Å². The van der Waals surface area contributed by atoms with Crippen molar-refractivity contribution in [2.24, 2.45) is 5.92 Å². The first-order valence-corrected chi connectivity index (χ1v) is 7.84. The molecule has 0 aromatic heterocycles. The van der Waals surface area contributed by atoms with Crippen LogP contribution in [0.3, 0.4) is 0 Å². The Labute approximate surface area is 131 Å². The van der Waals surface area contributed by atoms with Crippen molar-refractivity contribution in [3.8, 4) is 0 Å². The van der Waals surface area contributed by atoms with E-state index < -0.39 is 0 Å². The molecule has 1 amide bonds. The lowest BCUT2D eigenvalue weighted by Gasteiger charge is -2.31. The number of nitrogens with zero attached hydrogens (tertiary/aromatic N) is 1. The molecule has 1 unspecified atom stereocenters. The number of benzene rings is 1. The fourth-order valence-corrected chi connectivity index (χ4v) is 2.85. The number of nitrogens with one attached hydrogen (secondary N) is 1. The summed E-state index contributed by atoms with van der Waals surface area (Å²) in [5.74, 6) is 0.0130. The minimum atomic E-state index is -0.204. The summed E-state index contributed by atoms with van der Waals surface area (Å²) in [5, 5.41) is 3.00. The zero-order valence-corrected chi connectivity index (χ0v) is 13.3. The average molecular weight is 308 g/mol. The van der Waals surface area contributed by atoms with E-state index in [2.05, 4.69) is 10.2 Å². The number of methoxy groups -OCH3 is 1. The number of amides is 1. The van der Waals surface area contributed by atoms with Gasteiger partial charge in [-0.15, -0.1) is 0 Å². The van der Waals surface area contributed by atoms with Crippen LogP contribution in [0.1, 0.15) is 25.3 Å². The molecule has 5 heteroatoms. The number of hydrogen-bond acceptors (Lipinski definition) is 3. The second-order valence-electron chi connectivity index (χ2n) is 6.04. The molecular weight excluding hydrogens is 283 g/mol. The van der Waals surface area contributed by atoms with Crippen molar-refractivity contribution in [2.75, 3.05) is 26.8 Å². The Bertz CT molecular complexity index is 470. The smallest absolute Gasteiger partial charge is 0.223 e. The van der Waals surface area contributed by atoms with E-state index in [1.165, 1.54) is 12.1 Å². The molecule has 0 radical (unpaired) electrons. The Balaban J connectivity index is 1.75. The molecule has 0 aliphatic carbocycles. The van der Waals surface area contributed by atoms with Crippen LogP contribution in [-0.2, 0) is 16.1 Å². The number of ether oxygens (including phenoxy) is 1. The van der Waals surface area contributed by atoms with E-state index in [9.17, 15) is 9.18 Å². The molecule has 0 spiro atoms. The van der Waals surface area contributed by atoms with E-state index in [0.29, 0.717) is 6.61 Å². The third kappa shape index (κ3) is 5.07. The number of halogens is 1. The van der Waals surface area contributed by atoms with Crippen molar-refractivity contribution in [3.63, 3.8) is 0 Å². The minimum absolute atomic E-state index is 0.0507. The molecule has 22 heavy (non-hydrogen) atoms. The SMILES string of the molecule is COCC(C)NC(=O)C1CCN(Cc2ccc(F)cc2)CC1. The van der Waals surface area contributed by atoms with E-state index in [4.69, 9.17) is 4.74 Å². The summed E-state index contributed by atoms with van der Waals surface area (Å²) in [4.78, 5) is 14.5. The molecule has 0 saturated carbocycles. The first kappa shape index (κ1) is 16.9. The van der Waals surface area contributed by atoms with Gasteiger partial charge in [0.05, 0.1) is 6.61 Å². The standard InChI is InChI=1S/C17H25FN2O2/c1-13(12-22-2)19-17(21)15-7-9-20(10-8-15)11-14-3-5-16(18)6-4-14/h3-6,13,15H,7-12H2,1-2H3,(H,19,21). The largest absolute Gasteiger partial charge is 0.383 e. The first-order chi connectivity index (χ1) is 10.6. The number of likely N-dealkylation sites (tertiary alicyclic amines) is 1. The molecule has 1 aromatic carbocycles. The molecular formula is C17H25FN2O2. The quantitative estimate of drug-likeness (QED) is 0.876. The van der Waals surface area contributed by atoms with Crippen LogP contribution in [-0.4, -0.2) is 43.7 Å². The van der Waals surface area contributed by atoms with Gasteiger partial charge >= 0.3 is 0 Å². The van der Waals surface area contributed by atoms with Crippen LogP contribution >= 0.6 is 0 Å².